The maximum absolute atomic E-state index is 13.7. The van der Waals surface area contributed by atoms with Gasteiger partial charge in [0.05, 0.1) is 20.2 Å². The molecule has 2 fully saturated rings. The summed E-state index contributed by atoms with van der Waals surface area (Å²) < 4.78 is 10.4. The number of aromatic amines is 1. The van der Waals surface area contributed by atoms with Crippen LogP contribution in [0.15, 0.2) is 30.5 Å². The van der Waals surface area contributed by atoms with Gasteiger partial charge in [-0.15, -0.1) is 0 Å². The highest BCUT2D eigenvalue weighted by Crippen LogP contribution is 2.38. The Kier molecular flexibility index (Phi) is 6.99. The van der Waals surface area contributed by atoms with E-state index in [1.165, 1.54) is 4.90 Å². The molecule has 2 aromatic rings. The van der Waals surface area contributed by atoms with Crippen LogP contribution in [0.4, 0.5) is 4.79 Å². The Balaban J connectivity index is 1.50. The fourth-order valence-corrected chi connectivity index (χ4v) is 4.84. The van der Waals surface area contributed by atoms with Crippen molar-refractivity contribution in [1.29, 1.82) is 0 Å². The number of imidazole rings is 1. The van der Waals surface area contributed by atoms with E-state index in [2.05, 4.69) is 14.9 Å². The second kappa shape index (κ2) is 9.93. The van der Waals surface area contributed by atoms with Crippen LogP contribution in [-0.4, -0.2) is 82.6 Å². The summed E-state index contributed by atoms with van der Waals surface area (Å²) in [5.74, 6) is 1.58. The van der Waals surface area contributed by atoms with Crippen LogP contribution in [0, 0.1) is 6.92 Å². The van der Waals surface area contributed by atoms with E-state index in [1.54, 1.807) is 19.1 Å². The zero-order chi connectivity index (χ0) is 23.4. The minimum Gasteiger partial charge on any atom is -0.497 e. The molecule has 2 saturated heterocycles. The highest BCUT2D eigenvalue weighted by Gasteiger charge is 2.57. The number of nitrogens with one attached hydrogen (secondary N) is 1. The lowest BCUT2D eigenvalue weighted by Crippen LogP contribution is -2.56. The molecule has 33 heavy (non-hydrogen) atoms. The maximum Gasteiger partial charge on any atom is 0.327 e. The first kappa shape index (κ1) is 23.3. The Morgan fingerprint density at radius 2 is 1.82 bits per heavy atom. The predicted molar refractivity (Wildman–Crippen MR) is 123 cm³/mol. The summed E-state index contributed by atoms with van der Waals surface area (Å²) in [5.41, 5.74) is 1.15. The summed E-state index contributed by atoms with van der Waals surface area (Å²) in [5, 5.41) is 0. The fourth-order valence-electron chi connectivity index (χ4n) is 4.84. The summed E-state index contributed by atoms with van der Waals surface area (Å²) in [6, 6.07) is 7.28. The van der Waals surface area contributed by atoms with Gasteiger partial charge in [-0.2, -0.15) is 0 Å². The maximum atomic E-state index is 13.7. The molecule has 0 bridgehead atoms. The molecule has 178 valence electrons. The molecule has 9 heteroatoms. The second-order valence-electron chi connectivity index (χ2n) is 8.84. The highest BCUT2D eigenvalue weighted by atomic mass is 16.5. The Labute approximate surface area is 194 Å². The van der Waals surface area contributed by atoms with Gasteiger partial charge < -0.3 is 19.4 Å². The van der Waals surface area contributed by atoms with Crippen molar-refractivity contribution in [2.45, 2.75) is 44.8 Å². The Bertz CT molecular complexity index is 965. The zero-order valence-corrected chi connectivity index (χ0v) is 19.7. The number of nitrogens with zero attached hydrogens (tertiary/aromatic N) is 4. The number of imide groups is 1. The van der Waals surface area contributed by atoms with Crippen molar-refractivity contribution in [3.05, 3.63) is 47.5 Å². The van der Waals surface area contributed by atoms with E-state index in [0.717, 1.165) is 35.9 Å². The molecule has 0 radical (unpaired) electrons. The second-order valence-corrected chi connectivity index (χ2v) is 8.84. The highest BCUT2D eigenvalue weighted by molar-refractivity contribution is 6.07. The number of amides is 3. The van der Waals surface area contributed by atoms with E-state index in [-0.39, 0.29) is 18.5 Å². The lowest BCUT2D eigenvalue weighted by Gasteiger charge is -2.42. The zero-order valence-electron chi connectivity index (χ0n) is 19.7. The number of likely N-dealkylation sites (tertiary alicyclic amines) is 1. The smallest absolute Gasteiger partial charge is 0.327 e. The summed E-state index contributed by atoms with van der Waals surface area (Å²) in [6.07, 6.45) is 3.75. The number of aryl methyl sites for hydroxylation is 1. The molecule has 3 heterocycles. The van der Waals surface area contributed by atoms with Gasteiger partial charge in [-0.25, -0.2) is 9.78 Å². The Morgan fingerprint density at radius 1 is 1.09 bits per heavy atom. The molecular formula is C24H33N5O4. The number of carbonyl (C=O) groups is 2. The molecule has 1 aromatic heterocycles. The number of H-pyrrole nitrogens is 1. The van der Waals surface area contributed by atoms with Gasteiger partial charge in [-0.05, 0) is 43.9 Å². The molecule has 2 aliphatic rings. The van der Waals surface area contributed by atoms with Gasteiger partial charge in [-0.1, -0.05) is 12.1 Å². The number of hydrogen-bond donors (Lipinski definition) is 1. The number of ether oxygens (including phenoxy) is 2. The predicted octanol–water partition coefficient (Wildman–Crippen LogP) is 2.56. The van der Waals surface area contributed by atoms with Crippen LogP contribution in [0.1, 0.15) is 36.3 Å². The van der Waals surface area contributed by atoms with Crippen molar-refractivity contribution in [1.82, 2.24) is 24.7 Å². The monoisotopic (exact) mass is 455 g/mol. The van der Waals surface area contributed by atoms with Crippen molar-refractivity contribution in [3.8, 4) is 5.75 Å². The van der Waals surface area contributed by atoms with E-state index in [1.807, 2.05) is 37.4 Å². The molecular weight excluding hydrogens is 422 g/mol. The van der Waals surface area contributed by atoms with Gasteiger partial charge in [0, 0.05) is 45.2 Å². The van der Waals surface area contributed by atoms with Crippen molar-refractivity contribution >= 4 is 11.9 Å². The number of piperidine rings is 1. The van der Waals surface area contributed by atoms with Crippen LogP contribution >= 0.6 is 0 Å². The number of carbonyl (C=O) groups excluding carboxylic acids is 2. The van der Waals surface area contributed by atoms with E-state index in [0.29, 0.717) is 39.0 Å². The normalized spacial score (nSPS) is 18.5. The van der Waals surface area contributed by atoms with Crippen LogP contribution in [0.2, 0.25) is 0 Å². The molecule has 2 aliphatic heterocycles. The average Bonchev–Trinajstić information content (AvgIpc) is 3.31. The first-order valence-corrected chi connectivity index (χ1v) is 11.4. The van der Waals surface area contributed by atoms with Gasteiger partial charge in [-0.3, -0.25) is 14.6 Å². The topological polar surface area (TPSA) is 91.0 Å². The van der Waals surface area contributed by atoms with Crippen LogP contribution in [0.3, 0.4) is 0 Å². The van der Waals surface area contributed by atoms with Crippen LogP contribution < -0.4 is 4.74 Å². The summed E-state index contributed by atoms with van der Waals surface area (Å²) in [7, 11) is 3.27. The summed E-state index contributed by atoms with van der Waals surface area (Å²) in [6.45, 7) is 5.49. The first-order chi connectivity index (χ1) is 16.0. The van der Waals surface area contributed by atoms with E-state index in [4.69, 9.17) is 9.47 Å². The third-order valence-electron chi connectivity index (χ3n) is 6.66. The third-order valence-corrected chi connectivity index (χ3v) is 6.66. The summed E-state index contributed by atoms with van der Waals surface area (Å²) in [4.78, 5) is 40.3. The standard InChI is InChI=1S/C24H33N5O4/c1-18-15-25-21(26-18)17-27-12-9-24(10-13-27)22(30)28(23(31)29(24)11-4-14-32-2)16-19-5-7-20(33-3)8-6-19/h5-8,15H,4,9-14,16-17H2,1-3H3,(H,25,26). The molecule has 1 N–H and O–H groups in total. The molecule has 9 nitrogen and oxygen atoms in total. The third kappa shape index (κ3) is 4.74. The number of urea groups is 1. The van der Waals surface area contributed by atoms with Gasteiger partial charge in [0.15, 0.2) is 0 Å². The SMILES string of the molecule is COCCCN1C(=O)N(Cc2ccc(OC)cc2)C(=O)C12CCN(Cc1ncc(C)[nH]1)CC2. The minimum absolute atomic E-state index is 0.0887. The number of methoxy groups -OCH3 is 2. The molecule has 3 amide bonds. The van der Waals surface area contributed by atoms with Gasteiger partial charge in [0.1, 0.15) is 17.1 Å². The van der Waals surface area contributed by atoms with E-state index >= 15 is 0 Å². The average molecular weight is 456 g/mol. The molecule has 0 atom stereocenters. The lowest BCUT2D eigenvalue weighted by atomic mass is 9.85. The summed E-state index contributed by atoms with van der Waals surface area (Å²) >= 11 is 0. The van der Waals surface area contributed by atoms with Crippen molar-refractivity contribution in [3.63, 3.8) is 0 Å². The Hall–Kier alpha value is -2.91. The number of benzene rings is 1. The van der Waals surface area contributed by atoms with Crippen molar-refractivity contribution < 1.29 is 19.1 Å². The molecule has 1 spiro atoms. The minimum atomic E-state index is -0.785. The molecule has 0 aliphatic carbocycles. The van der Waals surface area contributed by atoms with Gasteiger partial charge in [0.2, 0.25) is 0 Å². The van der Waals surface area contributed by atoms with E-state index < -0.39 is 5.54 Å². The number of hydrogen-bond acceptors (Lipinski definition) is 6. The lowest BCUT2D eigenvalue weighted by molar-refractivity contribution is -0.136. The van der Waals surface area contributed by atoms with Gasteiger partial charge >= 0.3 is 6.03 Å². The van der Waals surface area contributed by atoms with Crippen molar-refractivity contribution in [2.75, 3.05) is 40.5 Å². The molecule has 4 rings (SSSR count). The van der Waals surface area contributed by atoms with Gasteiger partial charge in [0.25, 0.3) is 5.91 Å². The molecule has 0 saturated carbocycles. The van der Waals surface area contributed by atoms with Crippen molar-refractivity contribution in [2.24, 2.45) is 0 Å². The molecule has 0 unspecified atom stereocenters. The van der Waals surface area contributed by atoms with Crippen LogP contribution in [0.5, 0.6) is 5.75 Å². The van der Waals surface area contributed by atoms with E-state index in [9.17, 15) is 9.59 Å². The molecule has 1 aromatic carbocycles. The largest absolute Gasteiger partial charge is 0.497 e. The van der Waals surface area contributed by atoms with Crippen LogP contribution in [0.25, 0.3) is 0 Å². The number of rotatable bonds is 9. The number of aromatic nitrogens is 2. The fraction of sp³-hybridized carbons (Fsp3) is 0.542. The quantitative estimate of drug-likeness (QED) is 0.462. The van der Waals surface area contributed by atoms with Crippen LogP contribution in [-0.2, 0) is 22.6 Å². The first-order valence-electron chi connectivity index (χ1n) is 11.4. The Morgan fingerprint density at radius 3 is 2.42 bits per heavy atom.